The van der Waals surface area contributed by atoms with E-state index in [1.54, 1.807) is 19.1 Å². The highest BCUT2D eigenvalue weighted by molar-refractivity contribution is 6.09. The van der Waals surface area contributed by atoms with E-state index in [1.807, 2.05) is 12.2 Å². The molecule has 1 aliphatic heterocycles. The van der Waals surface area contributed by atoms with Crippen molar-refractivity contribution in [2.75, 3.05) is 7.05 Å². The third kappa shape index (κ3) is 0.842. The van der Waals surface area contributed by atoms with Crippen LogP contribution in [0.15, 0.2) is 24.3 Å². The van der Waals surface area contributed by atoms with E-state index in [0.717, 1.165) is 0 Å². The van der Waals surface area contributed by atoms with Crippen LogP contribution in [-0.2, 0) is 9.59 Å². The number of hydrogen-bond acceptors (Lipinski definition) is 2. The van der Waals surface area contributed by atoms with Gasteiger partial charge >= 0.3 is 0 Å². The number of allylic oxidation sites excluding steroid dienone is 2. The van der Waals surface area contributed by atoms with Crippen LogP contribution in [-0.4, -0.2) is 23.8 Å². The largest absolute Gasteiger partial charge is 0.284 e. The normalized spacial score (nSPS) is 37.1. The van der Waals surface area contributed by atoms with Gasteiger partial charge in [-0.25, -0.2) is 0 Å². The van der Waals surface area contributed by atoms with Crippen molar-refractivity contribution in [1.82, 2.24) is 4.90 Å². The molecule has 0 aromatic heterocycles. The molecule has 0 aromatic carbocycles. The number of fused-ring (bicyclic) bond motifs is 1. The molecule has 2 atom stereocenters. The Kier molecular flexibility index (Phi) is 1.46. The second-order valence-electron chi connectivity index (χ2n) is 3.71. The molecule has 1 saturated heterocycles. The Bertz CT molecular complexity index is 343. The van der Waals surface area contributed by atoms with Crippen molar-refractivity contribution in [3.05, 3.63) is 24.3 Å². The lowest BCUT2D eigenvalue weighted by molar-refractivity contribution is -0.138. The molecule has 0 spiro atoms. The molecule has 0 radical (unpaired) electrons. The SMILES string of the molecule is CN1C(=O)C2C=CC=CC2(C)C1=O. The maximum atomic E-state index is 11.7. The molecule has 0 saturated carbocycles. The number of carbonyl (C=O) groups excluding carboxylic acids is 2. The highest BCUT2D eigenvalue weighted by atomic mass is 16.2. The van der Waals surface area contributed by atoms with E-state index in [4.69, 9.17) is 0 Å². The summed E-state index contributed by atoms with van der Waals surface area (Å²) in [6.07, 6.45) is 7.24. The van der Waals surface area contributed by atoms with Crippen molar-refractivity contribution in [3.8, 4) is 0 Å². The second-order valence-corrected chi connectivity index (χ2v) is 3.71. The van der Waals surface area contributed by atoms with Crippen LogP contribution in [0.4, 0.5) is 0 Å². The van der Waals surface area contributed by atoms with Gasteiger partial charge in [0.05, 0.1) is 11.3 Å². The molecule has 1 fully saturated rings. The number of carbonyl (C=O) groups is 2. The predicted octanol–water partition coefficient (Wildman–Crippen LogP) is 0.734. The summed E-state index contributed by atoms with van der Waals surface area (Å²) in [7, 11) is 1.54. The lowest BCUT2D eigenvalue weighted by Gasteiger charge is -2.22. The molecule has 2 unspecified atom stereocenters. The van der Waals surface area contributed by atoms with Crippen molar-refractivity contribution in [2.24, 2.45) is 11.3 Å². The first kappa shape index (κ1) is 8.23. The van der Waals surface area contributed by atoms with Crippen LogP contribution in [0, 0.1) is 11.3 Å². The molecule has 2 rings (SSSR count). The van der Waals surface area contributed by atoms with Crippen molar-refractivity contribution < 1.29 is 9.59 Å². The topological polar surface area (TPSA) is 37.4 Å². The monoisotopic (exact) mass is 177 g/mol. The highest BCUT2D eigenvalue weighted by Crippen LogP contribution is 2.41. The Labute approximate surface area is 76.7 Å². The predicted molar refractivity (Wildman–Crippen MR) is 47.7 cm³/mol. The van der Waals surface area contributed by atoms with Gasteiger partial charge in [0.15, 0.2) is 0 Å². The molecular formula is C10H11NO2. The number of nitrogens with zero attached hydrogens (tertiary/aromatic N) is 1. The minimum atomic E-state index is -0.638. The Hall–Kier alpha value is -1.38. The molecule has 0 aromatic rings. The summed E-state index contributed by atoms with van der Waals surface area (Å²) >= 11 is 0. The zero-order valence-electron chi connectivity index (χ0n) is 7.65. The highest BCUT2D eigenvalue weighted by Gasteiger charge is 2.52. The summed E-state index contributed by atoms with van der Waals surface area (Å²) < 4.78 is 0. The van der Waals surface area contributed by atoms with E-state index in [-0.39, 0.29) is 17.7 Å². The molecule has 0 bridgehead atoms. The third-order valence-corrected chi connectivity index (χ3v) is 2.87. The standard InChI is InChI=1S/C10H11NO2/c1-10-6-4-3-5-7(10)8(12)11(2)9(10)13/h3-7H,1-2H3. The van der Waals surface area contributed by atoms with E-state index in [2.05, 4.69) is 0 Å². The molecule has 13 heavy (non-hydrogen) atoms. The van der Waals surface area contributed by atoms with Gasteiger partial charge in [0.1, 0.15) is 0 Å². The zero-order chi connectivity index (χ0) is 9.64. The Morgan fingerprint density at radius 3 is 2.69 bits per heavy atom. The van der Waals surface area contributed by atoms with Crippen LogP contribution < -0.4 is 0 Å². The fraction of sp³-hybridized carbons (Fsp3) is 0.400. The van der Waals surface area contributed by atoms with Gasteiger partial charge < -0.3 is 0 Å². The summed E-state index contributed by atoms with van der Waals surface area (Å²) in [6.45, 7) is 1.81. The maximum absolute atomic E-state index is 11.7. The average molecular weight is 177 g/mol. The number of hydrogen-bond donors (Lipinski definition) is 0. The fourth-order valence-corrected chi connectivity index (χ4v) is 1.95. The van der Waals surface area contributed by atoms with Gasteiger partial charge in [0, 0.05) is 7.05 Å². The molecule has 1 heterocycles. The summed E-state index contributed by atoms with van der Waals surface area (Å²) in [5.74, 6) is -0.508. The molecule has 2 aliphatic rings. The van der Waals surface area contributed by atoms with Gasteiger partial charge in [0.25, 0.3) is 0 Å². The first-order valence-electron chi connectivity index (χ1n) is 4.25. The van der Waals surface area contributed by atoms with Crippen LogP contribution in [0.25, 0.3) is 0 Å². The van der Waals surface area contributed by atoms with Crippen molar-refractivity contribution in [3.63, 3.8) is 0 Å². The molecule has 68 valence electrons. The third-order valence-electron chi connectivity index (χ3n) is 2.87. The Morgan fingerprint density at radius 2 is 2.08 bits per heavy atom. The van der Waals surface area contributed by atoms with Crippen LogP contribution in [0.2, 0.25) is 0 Å². The molecule has 3 heteroatoms. The zero-order valence-corrected chi connectivity index (χ0v) is 7.65. The number of imide groups is 1. The molecule has 1 aliphatic carbocycles. The Morgan fingerprint density at radius 1 is 1.38 bits per heavy atom. The summed E-state index contributed by atoms with van der Waals surface area (Å²) in [6, 6.07) is 0. The molecule has 2 amide bonds. The van der Waals surface area contributed by atoms with Crippen molar-refractivity contribution in [1.29, 1.82) is 0 Å². The van der Waals surface area contributed by atoms with Gasteiger partial charge in [-0.3, -0.25) is 14.5 Å². The van der Waals surface area contributed by atoms with E-state index in [9.17, 15) is 9.59 Å². The van der Waals surface area contributed by atoms with E-state index in [1.165, 1.54) is 11.9 Å². The lowest BCUT2D eigenvalue weighted by atomic mass is 9.76. The van der Waals surface area contributed by atoms with Crippen LogP contribution in [0.1, 0.15) is 6.92 Å². The number of rotatable bonds is 0. The van der Waals surface area contributed by atoms with E-state index in [0.29, 0.717) is 0 Å². The van der Waals surface area contributed by atoms with Crippen molar-refractivity contribution in [2.45, 2.75) is 6.92 Å². The molecule has 0 N–H and O–H groups in total. The maximum Gasteiger partial charge on any atom is 0.239 e. The minimum Gasteiger partial charge on any atom is -0.284 e. The minimum absolute atomic E-state index is 0.104. The van der Waals surface area contributed by atoms with Crippen LogP contribution in [0.3, 0.4) is 0 Å². The lowest BCUT2D eigenvalue weighted by Crippen LogP contribution is -2.31. The van der Waals surface area contributed by atoms with Crippen LogP contribution in [0.5, 0.6) is 0 Å². The number of amides is 2. The summed E-state index contributed by atoms with van der Waals surface area (Å²) in [5.41, 5.74) is -0.638. The van der Waals surface area contributed by atoms with E-state index < -0.39 is 5.41 Å². The van der Waals surface area contributed by atoms with Gasteiger partial charge in [0.2, 0.25) is 11.8 Å². The van der Waals surface area contributed by atoms with Gasteiger partial charge in [-0.2, -0.15) is 0 Å². The molecular weight excluding hydrogens is 166 g/mol. The average Bonchev–Trinajstić information content (AvgIpc) is 2.29. The Balaban J connectivity index is 2.52. The quantitative estimate of drug-likeness (QED) is 0.511. The number of likely N-dealkylation sites (tertiary alicyclic amines) is 1. The van der Waals surface area contributed by atoms with E-state index >= 15 is 0 Å². The van der Waals surface area contributed by atoms with Crippen molar-refractivity contribution >= 4 is 11.8 Å². The second kappa shape index (κ2) is 2.31. The summed E-state index contributed by atoms with van der Waals surface area (Å²) in [5, 5.41) is 0. The molecule has 3 nitrogen and oxygen atoms in total. The summed E-state index contributed by atoms with van der Waals surface area (Å²) in [4.78, 5) is 24.5. The van der Waals surface area contributed by atoms with Gasteiger partial charge in [-0.15, -0.1) is 0 Å². The first-order valence-corrected chi connectivity index (χ1v) is 4.25. The first-order chi connectivity index (χ1) is 6.07. The van der Waals surface area contributed by atoms with Gasteiger partial charge in [-0.05, 0) is 6.92 Å². The van der Waals surface area contributed by atoms with Gasteiger partial charge in [-0.1, -0.05) is 24.3 Å². The fourth-order valence-electron chi connectivity index (χ4n) is 1.95. The van der Waals surface area contributed by atoms with Crippen LogP contribution >= 0.6 is 0 Å². The smallest absolute Gasteiger partial charge is 0.239 e.